The average Bonchev–Trinajstić information content (AvgIpc) is 2.71. The highest BCUT2D eigenvalue weighted by Gasteiger charge is 2.04. The Morgan fingerprint density at radius 2 is 2.25 bits per heavy atom. The van der Waals surface area contributed by atoms with Crippen molar-refractivity contribution in [3.05, 3.63) is 18.0 Å². The van der Waals surface area contributed by atoms with E-state index in [1.54, 1.807) is 29.4 Å². The van der Waals surface area contributed by atoms with E-state index >= 15 is 0 Å². The number of pyridine rings is 1. The van der Waals surface area contributed by atoms with E-state index in [1.807, 2.05) is 0 Å². The molecular weight excluding hydrogens is 172 g/mol. The second kappa shape index (κ2) is 2.01. The van der Waals surface area contributed by atoms with Crippen molar-refractivity contribution in [2.45, 2.75) is 0 Å². The number of imidazole rings is 1. The van der Waals surface area contributed by atoms with Crippen molar-refractivity contribution in [3.8, 4) is 0 Å². The van der Waals surface area contributed by atoms with Gasteiger partial charge in [-0.15, -0.1) is 11.3 Å². The number of hydrogen-bond acceptors (Lipinski definition) is 4. The van der Waals surface area contributed by atoms with Gasteiger partial charge < -0.3 is 4.98 Å². The minimum Gasteiger partial charge on any atom is -0.343 e. The highest BCUT2D eigenvalue weighted by Crippen LogP contribution is 2.22. The lowest BCUT2D eigenvalue weighted by atomic mass is 10.4. The zero-order valence-corrected chi connectivity index (χ0v) is 6.80. The van der Waals surface area contributed by atoms with Gasteiger partial charge in [0.15, 0.2) is 5.65 Å². The van der Waals surface area contributed by atoms with Crippen LogP contribution in [0.25, 0.3) is 21.4 Å². The minimum absolute atomic E-state index is 0.777. The van der Waals surface area contributed by atoms with Gasteiger partial charge in [0.1, 0.15) is 10.2 Å². The average molecular weight is 176 g/mol. The molecule has 5 heteroatoms. The summed E-state index contributed by atoms with van der Waals surface area (Å²) in [4.78, 5) is 15.5. The minimum atomic E-state index is 0.777. The lowest BCUT2D eigenvalue weighted by molar-refractivity contribution is 1.32. The molecule has 0 atom stereocenters. The van der Waals surface area contributed by atoms with Crippen LogP contribution in [0.2, 0.25) is 0 Å². The molecule has 0 saturated heterocycles. The molecule has 58 valence electrons. The Bertz CT molecular complexity index is 489. The Hall–Kier alpha value is -1.49. The summed E-state index contributed by atoms with van der Waals surface area (Å²) >= 11 is 1.57. The fourth-order valence-electron chi connectivity index (χ4n) is 1.20. The van der Waals surface area contributed by atoms with Crippen LogP contribution in [0.4, 0.5) is 0 Å². The molecule has 0 unspecified atom stereocenters. The van der Waals surface area contributed by atoms with Gasteiger partial charge in [-0.05, 0) is 0 Å². The lowest BCUT2D eigenvalue weighted by Gasteiger charge is -1.87. The molecule has 0 aliphatic heterocycles. The Labute approximate surface area is 71.3 Å². The van der Waals surface area contributed by atoms with E-state index in [9.17, 15) is 0 Å². The maximum atomic E-state index is 4.19. The van der Waals surface area contributed by atoms with Crippen LogP contribution in [-0.4, -0.2) is 19.9 Å². The Kier molecular flexibility index (Phi) is 1.02. The van der Waals surface area contributed by atoms with Crippen molar-refractivity contribution >= 4 is 32.7 Å². The summed E-state index contributed by atoms with van der Waals surface area (Å²) in [5.41, 5.74) is 4.49. The Morgan fingerprint density at radius 1 is 1.25 bits per heavy atom. The first-order valence-corrected chi connectivity index (χ1v) is 4.34. The fourth-order valence-corrected chi connectivity index (χ4v) is 1.95. The van der Waals surface area contributed by atoms with Crippen LogP contribution >= 0.6 is 11.3 Å². The maximum absolute atomic E-state index is 4.19. The molecule has 3 aromatic heterocycles. The number of H-pyrrole nitrogens is 1. The zero-order valence-electron chi connectivity index (χ0n) is 5.98. The molecule has 0 amide bonds. The number of nitrogens with zero attached hydrogens (tertiary/aromatic N) is 3. The second-order valence-corrected chi connectivity index (χ2v) is 3.28. The first-order chi connectivity index (χ1) is 5.95. The van der Waals surface area contributed by atoms with Crippen molar-refractivity contribution in [3.63, 3.8) is 0 Å². The van der Waals surface area contributed by atoms with Crippen LogP contribution in [0.1, 0.15) is 0 Å². The van der Waals surface area contributed by atoms with Gasteiger partial charge in [0, 0.05) is 0 Å². The Balaban J connectivity index is 2.71. The molecule has 0 radical (unpaired) electrons. The SMILES string of the molecule is c1nc2c(cnc3ncsc32)[nH]1. The van der Waals surface area contributed by atoms with E-state index in [0.717, 1.165) is 21.4 Å². The quantitative estimate of drug-likeness (QED) is 0.565. The first kappa shape index (κ1) is 6.07. The molecular formula is C7H4N4S. The molecule has 0 saturated carbocycles. The lowest BCUT2D eigenvalue weighted by Crippen LogP contribution is -1.76. The van der Waals surface area contributed by atoms with Crippen molar-refractivity contribution in [1.29, 1.82) is 0 Å². The molecule has 0 spiro atoms. The highest BCUT2D eigenvalue weighted by molar-refractivity contribution is 7.17. The van der Waals surface area contributed by atoms with Gasteiger partial charge in [0.2, 0.25) is 0 Å². The topological polar surface area (TPSA) is 54.5 Å². The van der Waals surface area contributed by atoms with Gasteiger partial charge >= 0.3 is 0 Å². The van der Waals surface area contributed by atoms with E-state index in [-0.39, 0.29) is 0 Å². The number of rotatable bonds is 0. The third-order valence-corrected chi connectivity index (χ3v) is 2.57. The molecule has 0 bridgehead atoms. The summed E-state index contributed by atoms with van der Waals surface area (Å²) in [5.74, 6) is 0. The van der Waals surface area contributed by atoms with Crippen molar-refractivity contribution < 1.29 is 0 Å². The molecule has 12 heavy (non-hydrogen) atoms. The van der Waals surface area contributed by atoms with Crippen molar-refractivity contribution in [2.75, 3.05) is 0 Å². The second-order valence-electron chi connectivity index (χ2n) is 2.43. The third-order valence-electron chi connectivity index (χ3n) is 1.75. The summed E-state index contributed by atoms with van der Waals surface area (Å²) < 4.78 is 1.05. The zero-order chi connectivity index (χ0) is 7.97. The molecule has 0 aliphatic rings. The number of aromatic nitrogens is 4. The van der Waals surface area contributed by atoms with Crippen molar-refractivity contribution in [2.24, 2.45) is 0 Å². The van der Waals surface area contributed by atoms with Gasteiger partial charge in [-0.25, -0.2) is 15.0 Å². The van der Waals surface area contributed by atoms with Gasteiger partial charge in [-0.3, -0.25) is 0 Å². The smallest absolute Gasteiger partial charge is 0.172 e. The fraction of sp³-hybridized carbons (Fsp3) is 0. The number of thiazole rings is 1. The number of aromatic amines is 1. The van der Waals surface area contributed by atoms with Crippen molar-refractivity contribution in [1.82, 2.24) is 19.9 Å². The summed E-state index contributed by atoms with van der Waals surface area (Å²) in [6.45, 7) is 0. The molecule has 3 rings (SSSR count). The third kappa shape index (κ3) is 0.634. The maximum Gasteiger partial charge on any atom is 0.172 e. The summed E-state index contributed by atoms with van der Waals surface area (Å²) in [6, 6.07) is 0. The standard InChI is InChI=1S/C7H4N4S/c1-4-5(10-2-9-4)6-7(8-1)11-3-12-6/h1-3H,(H,9,10). The van der Waals surface area contributed by atoms with Crippen LogP contribution in [-0.2, 0) is 0 Å². The molecule has 4 nitrogen and oxygen atoms in total. The molecule has 3 aromatic rings. The van der Waals surface area contributed by atoms with Crippen LogP contribution in [0.5, 0.6) is 0 Å². The number of hydrogen-bond donors (Lipinski definition) is 1. The normalized spacial score (nSPS) is 11.3. The van der Waals surface area contributed by atoms with Crippen LogP contribution in [0, 0.1) is 0 Å². The van der Waals surface area contributed by atoms with Gasteiger partial charge in [-0.1, -0.05) is 0 Å². The van der Waals surface area contributed by atoms with E-state index in [2.05, 4.69) is 19.9 Å². The predicted octanol–water partition coefficient (Wildman–Crippen LogP) is 1.57. The van der Waals surface area contributed by atoms with Crippen LogP contribution in [0.3, 0.4) is 0 Å². The predicted molar refractivity (Wildman–Crippen MR) is 47.1 cm³/mol. The van der Waals surface area contributed by atoms with Gasteiger partial charge in [-0.2, -0.15) is 0 Å². The molecule has 3 heterocycles. The summed E-state index contributed by atoms with van der Waals surface area (Å²) in [6.07, 6.45) is 3.43. The van der Waals surface area contributed by atoms with Crippen LogP contribution in [0.15, 0.2) is 18.0 Å². The monoisotopic (exact) mass is 176 g/mol. The molecule has 0 aromatic carbocycles. The van der Waals surface area contributed by atoms with E-state index in [0.29, 0.717) is 0 Å². The van der Waals surface area contributed by atoms with Crippen LogP contribution < -0.4 is 0 Å². The largest absolute Gasteiger partial charge is 0.343 e. The molecule has 1 N–H and O–H groups in total. The highest BCUT2D eigenvalue weighted by atomic mass is 32.1. The first-order valence-electron chi connectivity index (χ1n) is 3.46. The summed E-state index contributed by atoms with van der Waals surface area (Å²) in [5, 5.41) is 0. The number of nitrogens with one attached hydrogen (secondary N) is 1. The van der Waals surface area contributed by atoms with Gasteiger partial charge in [0.25, 0.3) is 0 Å². The van der Waals surface area contributed by atoms with E-state index in [1.165, 1.54) is 0 Å². The Morgan fingerprint density at radius 3 is 3.25 bits per heavy atom. The molecule has 0 aliphatic carbocycles. The molecule has 0 fully saturated rings. The summed E-state index contributed by atoms with van der Waals surface area (Å²) in [7, 11) is 0. The number of fused-ring (bicyclic) bond motifs is 3. The van der Waals surface area contributed by atoms with E-state index < -0.39 is 0 Å². The van der Waals surface area contributed by atoms with E-state index in [4.69, 9.17) is 0 Å². The van der Waals surface area contributed by atoms with Gasteiger partial charge in [0.05, 0.1) is 23.6 Å².